The molecule has 3 heterocycles. The van der Waals surface area contributed by atoms with Crippen molar-refractivity contribution < 1.29 is 14.3 Å². The first-order valence-corrected chi connectivity index (χ1v) is 9.22. The van der Waals surface area contributed by atoms with Crippen LogP contribution in [0.4, 0.5) is 0 Å². The van der Waals surface area contributed by atoms with Crippen LogP contribution in [0.1, 0.15) is 35.5 Å². The quantitative estimate of drug-likeness (QED) is 0.722. The van der Waals surface area contributed by atoms with E-state index in [9.17, 15) is 4.79 Å². The Morgan fingerprint density at radius 1 is 1.32 bits per heavy atom. The van der Waals surface area contributed by atoms with Gasteiger partial charge in [-0.2, -0.15) is 0 Å². The molecule has 0 N–H and O–H groups in total. The number of carbonyl (C=O) groups is 1. The molecule has 0 aromatic carbocycles. The lowest BCUT2D eigenvalue weighted by Gasteiger charge is -2.31. The lowest BCUT2D eigenvalue weighted by molar-refractivity contribution is 0.0377. The maximum Gasteiger partial charge on any atom is 0.338 e. The summed E-state index contributed by atoms with van der Waals surface area (Å²) in [6, 6.07) is 3.86. The third kappa shape index (κ3) is 3.60. The molecular weight excluding hydrogens is 384 g/mol. The van der Waals surface area contributed by atoms with E-state index in [0.29, 0.717) is 18.8 Å². The molecule has 1 aliphatic rings. The van der Waals surface area contributed by atoms with Gasteiger partial charge < -0.3 is 18.8 Å². The van der Waals surface area contributed by atoms with Crippen LogP contribution in [0.5, 0.6) is 0 Å². The van der Waals surface area contributed by atoms with Crippen LogP contribution in [-0.4, -0.2) is 47.7 Å². The predicted octanol–water partition coefficient (Wildman–Crippen LogP) is 3.88. The van der Waals surface area contributed by atoms with Crippen molar-refractivity contribution in [2.75, 3.05) is 26.3 Å². The van der Waals surface area contributed by atoms with Gasteiger partial charge in [-0.3, -0.25) is 0 Å². The minimum atomic E-state index is -0.302. The lowest BCUT2D eigenvalue weighted by atomic mass is 10.0. The molecule has 0 aliphatic carbocycles. The van der Waals surface area contributed by atoms with Gasteiger partial charge in [-0.25, -0.2) is 4.79 Å². The molecule has 134 valence electrons. The second-order valence-electron chi connectivity index (χ2n) is 6.48. The van der Waals surface area contributed by atoms with E-state index < -0.39 is 0 Å². The van der Waals surface area contributed by atoms with Crippen molar-refractivity contribution in [2.45, 2.75) is 26.9 Å². The molecule has 0 radical (unpaired) electrons. The van der Waals surface area contributed by atoms with Crippen molar-refractivity contribution in [1.82, 2.24) is 9.30 Å². The van der Waals surface area contributed by atoms with Crippen LogP contribution in [0.2, 0.25) is 0 Å². The summed E-state index contributed by atoms with van der Waals surface area (Å²) in [6.45, 7) is 12.9. The van der Waals surface area contributed by atoms with Crippen molar-refractivity contribution in [3.8, 4) is 0 Å². The topological polar surface area (TPSA) is 43.2 Å². The van der Waals surface area contributed by atoms with Crippen molar-refractivity contribution >= 4 is 33.1 Å². The Hall–Kier alpha value is -1.79. The average molecular weight is 407 g/mol. The Morgan fingerprint density at radius 2 is 2.00 bits per heavy atom. The van der Waals surface area contributed by atoms with E-state index in [2.05, 4.69) is 31.8 Å². The molecule has 1 saturated heterocycles. The molecule has 2 aromatic heterocycles. The van der Waals surface area contributed by atoms with Gasteiger partial charge in [-0.1, -0.05) is 6.58 Å². The standard InChI is InChI=1S/C19H23BrN2O3/c1-12(2)25-19(23)17-10-16-9-15(20)11-22(16)18(13(17)3)14(4)21-5-7-24-8-6-21/h9-12H,4-8H2,1-3H3. The van der Waals surface area contributed by atoms with Crippen LogP contribution in [-0.2, 0) is 9.47 Å². The summed E-state index contributed by atoms with van der Waals surface area (Å²) < 4.78 is 13.9. The van der Waals surface area contributed by atoms with Crippen molar-refractivity contribution in [1.29, 1.82) is 0 Å². The largest absolute Gasteiger partial charge is 0.459 e. The maximum absolute atomic E-state index is 12.6. The second kappa shape index (κ2) is 7.22. The molecule has 0 bridgehead atoms. The fraction of sp³-hybridized carbons (Fsp3) is 0.421. The third-order valence-electron chi connectivity index (χ3n) is 4.34. The van der Waals surface area contributed by atoms with Gasteiger partial charge in [0.1, 0.15) is 0 Å². The Kier molecular flexibility index (Phi) is 5.20. The fourth-order valence-electron chi connectivity index (χ4n) is 3.14. The predicted molar refractivity (Wildman–Crippen MR) is 102 cm³/mol. The van der Waals surface area contributed by atoms with E-state index in [1.54, 1.807) is 0 Å². The third-order valence-corrected chi connectivity index (χ3v) is 4.77. The molecule has 5 nitrogen and oxygen atoms in total. The van der Waals surface area contributed by atoms with E-state index >= 15 is 0 Å². The zero-order valence-corrected chi connectivity index (χ0v) is 16.4. The van der Waals surface area contributed by atoms with Crippen LogP contribution in [0.25, 0.3) is 11.2 Å². The van der Waals surface area contributed by atoms with E-state index in [0.717, 1.165) is 40.0 Å². The summed E-state index contributed by atoms with van der Waals surface area (Å²) in [5.74, 6) is -0.302. The molecule has 2 aromatic rings. The number of carbonyl (C=O) groups excluding carboxylic acids is 1. The average Bonchev–Trinajstić information content (AvgIpc) is 2.93. The smallest absolute Gasteiger partial charge is 0.338 e. The number of fused-ring (bicyclic) bond motifs is 1. The number of halogens is 1. The molecule has 25 heavy (non-hydrogen) atoms. The van der Waals surface area contributed by atoms with Crippen molar-refractivity contribution in [3.63, 3.8) is 0 Å². The van der Waals surface area contributed by atoms with Gasteiger partial charge in [0, 0.05) is 29.3 Å². The number of rotatable bonds is 4. The minimum absolute atomic E-state index is 0.160. The first kappa shape index (κ1) is 18.0. The Morgan fingerprint density at radius 3 is 2.64 bits per heavy atom. The van der Waals surface area contributed by atoms with Crippen LogP contribution in [0, 0.1) is 6.92 Å². The van der Waals surface area contributed by atoms with E-state index in [1.807, 2.05) is 39.1 Å². The Labute approximate surface area is 156 Å². The number of esters is 1. The number of hydrogen-bond donors (Lipinski definition) is 0. The van der Waals surface area contributed by atoms with Gasteiger partial charge in [-0.05, 0) is 54.4 Å². The highest BCUT2D eigenvalue weighted by molar-refractivity contribution is 9.10. The highest BCUT2D eigenvalue weighted by Crippen LogP contribution is 2.29. The molecule has 6 heteroatoms. The van der Waals surface area contributed by atoms with Crippen molar-refractivity contribution in [2.24, 2.45) is 0 Å². The van der Waals surface area contributed by atoms with Crippen LogP contribution >= 0.6 is 15.9 Å². The number of pyridine rings is 1. The number of hydrogen-bond acceptors (Lipinski definition) is 4. The summed E-state index contributed by atoms with van der Waals surface area (Å²) in [5, 5.41) is 0. The van der Waals surface area contributed by atoms with Gasteiger partial charge in [-0.15, -0.1) is 0 Å². The van der Waals surface area contributed by atoms with E-state index in [4.69, 9.17) is 9.47 Å². The molecular formula is C19H23BrN2O3. The monoisotopic (exact) mass is 406 g/mol. The van der Waals surface area contributed by atoms with Crippen LogP contribution < -0.4 is 0 Å². The van der Waals surface area contributed by atoms with E-state index in [-0.39, 0.29) is 12.1 Å². The Balaban J connectivity index is 2.12. The van der Waals surface area contributed by atoms with Crippen LogP contribution in [0.15, 0.2) is 29.4 Å². The highest BCUT2D eigenvalue weighted by atomic mass is 79.9. The van der Waals surface area contributed by atoms with Gasteiger partial charge in [0.15, 0.2) is 0 Å². The van der Waals surface area contributed by atoms with Gasteiger partial charge in [0.05, 0.1) is 36.3 Å². The summed E-state index contributed by atoms with van der Waals surface area (Å²) >= 11 is 3.53. The fourth-order valence-corrected chi connectivity index (χ4v) is 3.58. The molecule has 1 fully saturated rings. The summed E-state index contributed by atoms with van der Waals surface area (Å²) in [7, 11) is 0. The van der Waals surface area contributed by atoms with Gasteiger partial charge >= 0.3 is 5.97 Å². The number of nitrogens with zero attached hydrogens (tertiary/aromatic N) is 2. The number of aromatic nitrogens is 1. The lowest BCUT2D eigenvalue weighted by Crippen LogP contribution is -2.35. The van der Waals surface area contributed by atoms with Gasteiger partial charge in [0.2, 0.25) is 0 Å². The summed E-state index contributed by atoms with van der Waals surface area (Å²) in [5.41, 5.74) is 4.21. The minimum Gasteiger partial charge on any atom is -0.459 e. The molecule has 3 rings (SSSR count). The molecule has 0 unspecified atom stereocenters. The Bertz CT molecular complexity index is 820. The highest BCUT2D eigenvalue weighted by Gasteiger charge is 2.23. The SMILES string of the molecule is C=C(c1c(C)c(C(=O)OC(C)C)cc2cc(Br)cn12)N1CCOCC1. The molecule has 0 saturated carbocycles. The second-order valence-corrected chi connectivity index (χ2v) is 7.40. The first-order valence-electron chi connectivity index (χ1n) is 8.42. The molecule has 1 aliphatic heterocycles. The molecule has 0 spiro atoms. The first-order chi connectivity index (χ1) is 11.9. The zero-order chi connectivity index (χ0) is 18.1. The van der Waals surface area contributed by atoms with Crippen molar-refractivity contribution in [3.05, 3.63) is 46.2 Å². The zero-order valence-electron chi connectivity index (χ0n) is 14.8. The maximum atomic E-state index is 12.6. The number of ether oxygens (including phenoxy) is 2. The summed E-state index contributed by atoms with van der Waals surface area (Å²) in [4.78, 5) is 14.8. The molecule has 0 atom stereocenters. The normalized spacial score (nSPS) is 15.0. The van der Waals surface area contributed by atoms with Crippen LogP contribution in [0.3, 0.4) is 0 Å². The number of morpholine rings is 1. The summed E-state index contributed by atoms with van der Waals surface area (Å²) in [6.07, 6.45) is 1.84. The van der Waals surface area contributed by atoms with E-state index in [1.165, 1.54) is 0 Å². The van der Waals surface area contributed by atoms with Gasteiger partial charge in [0.25, 0.3) is 0 Å². The molecule has 0 amide bonds.